The number of carbonyl (C=O) groups is 3. The summed E-state index contributed by atoms with van der Waals surface area (Å²) in [4.78, 5) is 38.0. The van der Waals surface area contributed by atoms with Gasteiger partial charge in [0, 0.05) is 5.57 Å². The van der Waals surface area contributed by atoms with Gasteiger partial charge in [-0.3, -0.25) is 9.59 Å². The number of aromatic nitrogens is 1. The Bertz CT molecular complexity index is 594. The van der Waals surface area contributed by atoms with E-state index >= 15 is 0 Å². The van der Waals surface area contributed by atoms with Crippen LogP contribution < -0.4 is 0 Å². The molecule has 6 nitrogen and oxygen atoms in total. The third-order valence-electron chi connectivity index (χ3n) is 2.79. The minimum atomic E-state index is -0.637. The largest absolute Gasteiger partial charge is 0.492 e. The molecule has 0 aromatic carbocycles. The summed E-state index contributed by atoms with van der Waals surface area (Å²) in [5.41, 5.74) is 0.504. The van der Waals surface area contributed by atoms with Gasteiger partial charge in [0.1, 0.15) is 5.69 Å². The van der Waals surface area contributed by atoms with Gasteiger partial charge in [-0.1, -0.05) is 0 Å². The molecule has 94 valence electrons. The molecule has 1 aromatic heterocycles. The quantitative estimate of drug-likeness (QED) is 0.793. The van der Waals surface area contributed by atoms with Gasteiger partial charge in [0.15, 0.2) is 5.76 Å². The molecule has 1 aliphatic rings. The highest BCUT2D eigenvalue weighted by atomic mass is 16.5. The van der Waals surface area contributed by atoms with E-state index in [4.69, 9.17) is 4.74 Å². The highest BCUT2D eigenvalue weighted by Crippen LogP contribution is 2.27. The number of hydrogen-bond donors (Lipinski definition) is 1. The van der Waals surface area contributed by atoms with Crippen molar-refractivity contribution in [1.82, 2.24) is 4.98 Å². The van der Waals surface area contributed by atoms with Crippen molar-refractivity contribution < 1.29 is 23.9 Å². The lowest BCUT2D eigenvalue weighted by Crippen LogP contribution is -2.21. The van der Waals surface area contributed by atoms with Gasteiger partial charge >= 0.3 is 5.97 Å². The van der Waals surface area contributed by atoms with Crippen molar-refractivity contribution in [2.45, 2.75) is 6.92 Å². The van der Waals surface area contributed by atoms with Gasteiger partial charge in [-0.15, -0.1) is 0 Å². The summed E-state index contributed by atoms with van der Waals surface area (Å²) in [5, 5.41) is 0. The first-order valence-corrected chi connectivity index (χ1v) is 5.16. The molecule has 0 aliphatic heterocycles. The Labute approximate surface area is 103 Å². The molecule has 6 heteroatoms. The summed E-state index contributed by atoms with van der Waals surface area (Å²) in [6, 6.07) is 1.30. The van der Waals surface area contributed by atoms with E-state index in [0.717, 1.165) is 0 Å². The van der Waals surface area contributed by atoms with Crippen LogP contribution in [-0.4, -0.2) is 36.7 Å². The van der Waals surface area contributed by atoms with Crippen LogP contribution in [0, 0.1) is 0 Å². The number of ether oxygens (including phenoxy) is 2. The maximum absolute atomic E-state index is 12.0. The Kier molecular flexibility index (Phi) is 2.78. The Morgan fingerprint density at radius 3 is 2.44 bits per heavy atom. The Morgan fingerprint density at radius 1 is 1.22 bits per heavy atom. The fraction of sp³-hybridized carbons (Fsp3) is 0.250. The van der Waals surface area contributed by atoms with Crippen LogP contribution in [0.5, 0.6) is 0 Å². The maximum Gasteiger partial charge on any atom is 0.354 e. The summed E-state index contributed by atoms with van der Waals surface area (Å²) < 4.78 is 9.45. The van der Waals surface area contributed by atoms with Gasteiger partial charge in [-0.25, -0.2) is 4.79 Å². The number of aromatic amines is 1. The van der Waals surface area contributed by atoms with Crippen LogP contribution in [0.1, 0.15) is 38.3 Å². The lowest BCUT2D eigenvalue weighted by atomic mass is 9.94. The molecule has 1 N–H and O–H groups in total. The molecule has 1 aromatic rings. The fourth-order valence-electron chi connectivity index (χ4n) is 1.86. The van der Waals surface area contributed by atoms with Crippen molar-refractivity contribution in [3.05, 3.63) is 34.3 Å². The van der Waals surface area contributed by atoms with Gasteiger partial charge in [-0.2, -0.15) is 0 Å². The lowest BCUT2D eigenvalue weighted by Gasteiger charge is -2.14. The van der Waals surface area contributed by atoms with Crippen molar-refractivity contribution in [1.29, 1.82) is 0 Å². The highest BCUT2D eigenvalue weighted by molar-refractivity contribution is 6.25. The average Bonchev–Trinajstić information content (AvgIpc) is 2.81. The Balaban J connectivity index is 2.57. The molecule has 0 radical (unpaired) electrons. The number of hydrogen-bond acceptors (Lipinski definition) is 5. The van der Waals surface area contributed by atoms with Crippen molar-refractivity contribution >= 4 is 17.5 Å². The Hall–Kier alpha value is -2.37. The molecule has 0 amide bonds. The van der Waals surface area contributed by atoms with E-state index < -0.39 is 11.8 Å². The smallest absolute Gasteiger partial charge is 0.354 e. The van der Waals surface area contributed by atoms with E-state index in [1.165, 1.54) is 27.2 Å². The van der Waals surface area contributed by atoms with Gasteiger partial charge in [-0.05, 0) is 13.0 Å². The second-order valence-electron chi connectivity index (χ2n) is 3.78. The molecule has 0 atom stereocenters. The number of Topliss-reactive ketones (excluding diaryl/α,β-unsaturated/α-hetero) is 2. The number of allylic oxidation sites excluding steroid dienone is 2. The molecule has 0 bridgehead atoms. The van der Waals surface area contributed by atoms with E-state index in [1.54, 1.807) is 0 Å². The van der Waals surface area contributed by atoms with E-state index in [2.05, 4.69) is 9.72 Å². The normalized spacial score (nSPS) is 14.6. The number of ketones is 2. The predicted molar refractivity (Wildman–Crippen MR) is 60.5 cm³/mol. The first-order chi connectivity index (χ1) is 8.51. The third-order valence-corrected chi connectivity index (χ3v) is 2.79. The molecule has 0 spiro atoms. The van der Waals surface area contributed by atoms with Crippen LogP contribution >= 0.6 is 0 Å². The van der Waals surface area contributed by atoms with E-state index in [0.29, 0.717) is 0 Å². The van der Waals surface area contributed by atoms with Crippen molar-refractivity contribution in [3.63, 3.8) is 0 Å². The summed E-state index contributed by atoms with van der Waals surface area (Å²) in [7, 11) is 2.54. The first kappa shape index (κ1) is 12.1. The summed E-state index contributed by atoms with van der Waals surface area (Å²) in [6.45, 7) is 1.50. The number of carbonyl (C=O) groups excluding carboxylic acids is 3. The number of fused-ring (bicyclic) bond motifs is 1. The summed E-state index contributed by atoms with van der Waals surface area (Å²) >= 11 is 0. The zero-order valence-corrected chi connectivity index (χ0v) is 10.1. The number of esters is 1. The molecule has 1 heterocycles. The van der Waals surface area contributed by atoms with Crippen molar-refractivity contribution in [2.75, 3.05) is 14.2 Å². The summed E-state index contributed by atoms with van der Waals surface area (Å²) in [6.07, 6.45) is 0. The van der Waals surface area contributed by atoms with Crippen LogP contribution in [0.2, 0.25) is 0 Å². The molecule has 0 saturated carbocycles. The van der Waals surface area contributed by atoms with Gasteiger partial charge in [0.05, 0.1) is 25.5 Å². The van der Waals surface area contributed by atoms with Gasteiger partial charge in [0.2, 0.25) is 11.6 Å². The number of nitrogens with one attached hydrogen (secondary N) is 1. The van der Waals surface area contributed by atoms with Gasteiger partial charge in [0.25, 0.3) is 0 Å². The van der Waals surface area contributed by atoms with Gasteiger partial charge < -0.3 is 14.5 Å². The van der Waals surface area contributed by atoms with Crippen LogP contribution in [-0.2, 0) is 9.47 Å². The second kappa shape index (κ2) is 4.14. The number of rotatable bonds is 2. The minimum Gasteiger partial charge on any atom is -0.492 e. The van der Waals surface area contributed by atoms with E-state index in [9.17, 15) is 14.4 Å². The zero-order valence-electron chi connectivity index (χ0n) is 10.1. The average molecular weight is 249 g/mol. The molecular formula is C12H11NO5. The van der Waals surface area contributed by atoms with E-state index in [-0.39, 0.29) is 34.1 Å². The monoisotopic (exact) mass is 249 g/mol. The predicted octanol–water partition coefficient (Wildman–Crippen LogP) is 1.10. The zero-order chi connectivity index (χ0) is 13.4. The Morgan fingerprint density at radius 2 is 1.89 bits per heavy atom. The summed E-state index contributed by atoms with van der Waals surface area (Å²) in [5.74, 6) is -1.42. The SMILES string of the molecule is COC(=O)c1cc2c([nH]1)C(=O)C(C)=C(OC)C2=O. The molecule has 1 aliphatic carbocycles. The molecule has 0 saturated heterocycles. The maximum atomic E-state index is 12.0. The van der Waals surface area contributed by atoms with Crippen LogP contribution in [0.3, 0.4) is 0 Å². The molecule has 0 unspecified atom stereocenters. The third kappa shape index (κ3) is 1.54. The highest BCUT2D eigenvalue weighted by Gasteiger charge is 2.33. The number of methoxy groups -OCH3 is 2. The van der Waals surface area contributed by atoms with Crippen LogP contribution in [0.25, 0.3) is 0 Å². The number of H-pyrrole nitrogens is 1. The fourth-order valence-corrected chi connectivity index (χ4v) is 1.86. The minimum absolute atomic E-state index is 0.00270. The van der Waals surface area contributed by atoms with Crippen LogP contribution in [0.4, 0.5) is 0 Å². The molecular weight excluding hydrogens is 238 g/mol. The molecule has 0 fully saturated rings. The topological polar surface area (TPSA) is 85.5 Å². The standard InChI is InChI=1S/C12H11NO5/c1-5-9(14)8-6(10(15)11(5)17-2)4-7(13-8)12(16)18-3/h4,13H,1-3H3. The first-order valence-electron chi connectivity index (χ1n) is 5.16. The van der Waals surface area contributed by atoms with Crippen molar-refractivity contribution in [3.8, 4) is 0 Å². The lowest BCUT2D eigenvalue weighted by molar-refractivity contribution is 0.0594. The molecule has 2 rings (SSSR count). The van der Waals surface area contributed by atoms with Crippen LogP contribution in [0.15, 0.2) is 17.4 Å². The second-order valence-corrected chi connectivity index (χ2v) is 3.78. The van der Waals surface area contributed by atoms with Crippen molar-refractivity contribution in [2.24, 2.45) is 0 Å². The molecule has 18 heavy (non-hydrogen) atoms. The van der Waals surface area contributed by atoms with E-state index in [1.807, 2.05) is 0 Å².